The molecule has 0 atom stereocenters. The van der Waals surface area contributed by atoms with Gasteiger partial charge in [0.25, 0.3) is 0 Å². The van der Waals surface area contributed by atoms with Gasteiger partial charge >= 0.3 is 26.2 Å². The summed E-state index contributed by atoms with van der Waals surface area (Å²) in [5.41, 5.74) is 10.3. The van der Waals surface area contributed by atoms with Gasteiger partial charge in [-0.05, 0) is 72.6 Å². The van der Waals surface area contributed by atoms with Crippen LogP contribution in [0.2, 0.25) is 13.1 Å². The second kappa shape index (κ2) is 23.3. The van der Waals surface area contributed by atoms with Gasteiger partial charge < -0.3 is 10.2 Å². The Morgan fingerprint density at radius 2 is 0.875 bits per heavy atom. The Morgan fingerprint density at radius 1 is 0.554 bits per heavy atom. The average Bonchev–Trinajstić information content (AvgIpc) is 3.74. The number of aryl methyl sites for hydroxylation is 4. The molecule has 4 heteroatoms. The predicted octanol–water partition coefficient (Wildman–Crippen LogP) is 15.3. The van der Waals surface area contributed by atoms with Crippen LogP contribution in [0.25, 0.3) is 21.5 Å². The summed E-state index contributed by atoms with van der Waals surface area (Å²) in [5, 5.41) is 24.8. The van der Waals surface area contributed by atoms with E-state index in [-0.39, 0.29) is 37.0 Å². The summed E-state index contributed by atoms with van der Waals surface area (Å²) >= 11 is 0. The number of rotatable bonds is 4. The maximum atomic E-state index is 9.57. The molecule has 6 aromatic carbocycles. The Labute approximate surface area is 363 Å². The summed E-state index contributed by atoms with van der Waals surface area (Å²) in [6.07, 6.45) is 2.26. The summed E-state index contributed by atoms with van der Waals surface area (Å²) in [4.78, 5) is 0. The van der Waals surface area contributed by atoms with E-state index in [2.05, 4.69) is 157 Å². The van der Waals surface area contributed by atoms with Crippen LogP contribution in [0.1, 0.15) is 139 Å². The van der Waals surface area contributed by atoms with Gasteiger partial charge in [0.1, 0.15) is 11.5 Å². The first-order valence-corrected chi connectivity index (χ1v) is 22.2. The summed E-state index contributed by atoms with van der Waals surface area (Å²) < 4.78 is 0. The first-order chi connectivity index (χ1) is 25.7. The zero-order valence-corrected chi connectivity index (χ0v) is 41.2. The first-order valence-electron chi connectivity index (χ1n) is 20.2. The van der Waals surface area contributed by atoms with Crippen molar-refractivity contribution in [1.29, 1.82) is 0 Å². The van der Waals surface area contributed by atoms with Crippen LogP contribution in [0.3, 0.4) is 0 Å². The van der Waals surface area contributed by atoms with E-state index in [0.717, 1.165) is 33.5 Å². The Hall–Kier alpha value is -3.20. The van der Waals surface area contributed by atoms with Gasteiger partial charge in [0.15, 0.2) is 0 Å². The molecule has 0 fully saturated rings. The van der Waals surface area contributed by atoms with Crippen molar-refractivity contribution in [2.24, 2.45) is 0 Å². The topological polar surface area (TPSA) is 40.5 Å². The van der Waals surface area contributed by atoms with Crippen LogP contribution in [0.5, 0.6) is 11.5 Å². The molecule has 0 spiro atoms. The Morgan fingerprint density at radius 3 is 1.12 bits per heavy atom. The third-order valence-electron chi connectivity index (χ3n) is 9.67. The summed E-state index contributed by atoms with van der Waals surface area (Å²) in [6, 6.07) is 34.0. The molecular weight excluding hydrogens is 776 g/mol. The second-order valence-corrected chi connectivity index (χ2v) is 18.5. The minimum atomic E-state index is 0. The SMILES string of the molecule is CCc1cc2c(C(C)C)cccc2[cH-]1.CCc1cc2c(C(C)C)cccc2[cH-]1.C[Si]C.Cc1ccc(O)c(C(C)(C)C)c1.Cc1ccc(O)c(C(C)(C)C)c1.[Zr+2]. The summed E-state index contributed by atoms with van der Waals surface area (Å²) in [7, 11) is 1.08. The van der Waals surface area contributed by atoms with Crippen LogP contribution in [0.4, 0.5) is 0 Å². The van der Waals surface area contributed by atoms with Gasteiger partial charge in [-0.1, -0.05) is 155 Å². The molecule has 2 nitrogen and oxygen atoms in total. The van der Waals surface area contributed by atoms with Crippen molar-refractivity contribution in [3.05, 3.63) is 142 Å². The van der Waals surface area contributed by atoms with Gasteiger partial charge in [0, 0.05) is 9.52 Å². The first kappa shape index (κ1) is 50.8. The molecule has 0 unspecified atom stereocenters. The molecule has 0 aliphatic carbocycles. The molecular formula is C52H72O2SiZr. The van der Waals surface area contributed by atoms with E-state index in [4.69, 9.17) is 0 Å². The molecule has 2 N–H and O–H groups in total. The molecule has 0 amide bonds. The predicted molar refractivity (Wildman–Crippen MR) is 247 cm³/mol. The van der Waals surface area contributed by atoms with Gasteiger partial charge in [0.05, 0.1) is 0 Å². The largest absolute Gasteiger partial charge is 2.00 e. The number of aromatic hydroxyl groups is 2. The van der Waals surface area contributed by atoms with E-state index in [9.17, 15) is 10.2 Å². The van der Waals surface area contributed by atoms with E-state index < -0.39 is 0 Å². The standard InChI is InChI=1S/2C14H17.2C11H16O.C2H6Si.Zr/c2*1-4-11-8-12-6-5-7-13(10(2)3)14(12)9-11;2*1-8-5-6-10(12)9(7-8)11(2,3)4;1-3-2;/h2*5-10H,4H2,1-3H3;2*5-7,12H,1-4H3;1-2H3;/q2*-1;;;;+2. The Bertz CT molecular complexity index is 1900. The van der Waals surface area contributed by atoms with Crippen LogP contribution >= 0.6 is 0 Å². The monoisotopic (exact) mass is 846 g/mol. The van der Waals surface area contributed by atoms with Gasteiger partial charge in [-0.3, -0.25) is 0 Å². The van der Waals surface area contributed by atoms with Gasteiger partial charge in [-0.15, -0.1) is 69.1 Å². The molecule has 0 saturated carbocycles. The van der Waals surface area contributed by atoms with Crippen molar-refractivity contribution in [3.8, 4) is 11.5 Å². The van der Waals surface area contributed by atoms with Crippen LogP contribution in [0, 0.1) is 13.8 Å². The maximum Gasteiger partial charge on any atom is 2.00 e. The zero-order chi connectivity index (χ0) is 41.7. The fourth-order valence-electron chi connectivity index (χ4n) is 6.56. The van der Waals surface area contributed by atoms with Crippen molar-refractivity contribution >= 4 is 31.1 Å². The third-order valence-corrected chi connectivity index (χ3v) is 9.67. The van der Waals surface area contributed by atoms with E-state index in [1.54, 1.807) is 12.1 Å². The van der Waals surface area contributed by atoms with Crippen molar-refractivity contribution < 1.29 is 36.4 Å². The zero-order valence-electron chi connectivity index (χ0n) is 37.7. The van der Waals surface area contributed by atoms with Crippen molar-refractivity contribution in [1.82, 2.24) is 0 Å². The number of phenols is 2. The smallest absolute Gasteiger partial charge is 0.508 e. The number of benzene rings is 4. The van der Waals surface area contributed by atoms with Gasteiger partial charge in [-0.25, -0.2) is 0 Å². The number of hydrogen-bond acceptors (Lipinski definition) is 2. The van der Waals surface area contributed by atoms with Crippen LogP contribution in [-0.2, 0) is 49.9 Å². The Kier molecular flexibility index (Phi) is 21.1. The van der Waals surface area contributed by atoms with Crippen LogP contribution < -0.4 is 0 Å². The van der Waals surface area contributed by atoms with Crippen molar-refractivity contribution in [3.63, 3.8) is 0 Å². The average molecular weight is 848 g/mol. The molecule has 0 aliphatic heterocycles. The number of hydrogen-bond donors (Lipinski definition) is 2. The van der Waals surface area contributed by atoms with E-state index in [1.807, 2.05) is 38.1 Å². The second-order valence-electron chi connectivity index (χ2n) is 17.5. The van der Waals surface area contributed by atoms with E-state index >= 15 is 0 Å². The number of phenolic OH excluding ortho intramolecular Hbond substituents is 2. The molecule has 0 aliphatic rings. The van der Waals surface area contributed by atoms with E-state index in [0.29, 0.717) is 23.3 Å². The van der Waals surface area contributed by atoms with Crippen LogP contribution in [0.15, 0.2) is 97.1 Å². The summed E-state index contributed by atoms with van der Waals surface area (Å²) in [5.74, 6) is 2.03. The van der Waals surface area contributed by atoms with Gasteiger partial charge in [-0.2, -0.15) is 12.1 Å². The minimum Gasteiger partial charge on any atom is -0.508 e. The summed E-state index contributed by atoms with van der Waals surface area (Å²) in [6.45, 7) is 34.4. The molecule has 2 radical (unpaired) electrons. The van der Waals surface area contributed by atoms with Crippen molar-refractivity contribution in [2.45, 2.75) is 146 Å². The molecule has 0 heterocycles. The maximum absolute atomic E-state index is 9.57. The van der Waals surface area contributed by atoms with Crippen LogP contribution in [-0.4, -0.2) is 19.7 Å². The minimum absolute atomic E-state index is 0. The molecule has 0 bridgehead atoms. The van der Waals surface area contributed by atoms with Crippen molar-refractivity contribution in [2.75, 3.05) is 0 Å². The molecule has 6 rings (SSSR count). The van der Waals surface area contributed by atoms with Gasteiger partial charge in [0.2, 0.25) is 0 Å². The Balaban J connectivity index is 0.000000363. The molecule has 6 aromatic rings. The molecule has 56 heavy (non-hydrogen) atoms. The van der Waals surface area contributed by atoms with E-state index in [1.165, 1.54) is 54.9 Å². The third kappa shape index (κ3) is 15.3. The number of fused-ring (bicyclic) bond motifs is 2. The molecule has 0 saturated heterocycles. The normalized spacial score (nSPS) is 11.0. The molecule has 300 valence electrons. The fraction of sp³-hybridized carbons (Fsp3) is 0.423. The quantitative estimate of drug-likeness (QED) is 0.137. The molecule has 0 aromatic heterocycles. The fourth-order valence-corrected chi connectivity index (χ4v) is 6.56.